The second-order valence-corrected chi connectivity index (χ2v) is 13.1. The molecule has 0 spiro atoms. The molecule has 242 valence electrons. The minimum atomic E-state index is -0.459. The molecule has 9 rings (SSSR count). The number of aromatic nitrogens is 4. The zero-order valence-corrected chi connectivity index (χ0v) is 28.5. The number of aryl methyl sites for hydroxylation is 2. The summed E-state index contributed by atoms with van der Waals surface area (Å²) in [5.41, 5.74) is 14.2. The lowest BCUT2D eigenvalue weighted by Crippen LogP contribution is -2.28. The van der Waals surface area contributed by atoms with Crippen LogP contribution in [-0.2, 0) is 5.41 Å². The number of rotatable bonds is 6. The van der Waals surface area contributed by atoms with E-state index in [1.807, 2.05) is 37.3 Å². The summed E-state index contributed by atoms with van der Waals surface area (Å²) in [6.07, 6.45) is 0. The van der Waals surface area contributed by atoms with Gasteiger partial charge in [-0.1, -0.05) is 164 Å². The summed E-state index contributed by atoms with van der Waals surface area (Å²) in [7, 11) is 0. The topological polar surface area (TPSA) is 51.6 Å². The third-order valence-corrected chi connectivity index (χ3v) is 10.1. The molecule has 0 radical (unpaired) electrons. The summed E-state index contributed by atoms with van der Waals surface area (Å²) in [6, 6.07) is 60.0. The van der Waals surface area contributed by atoms with Crippen LogP contribution in [0.3, 0.4) is 0 Å². The Kier molecular flexibility index (Phi) is 7.44. The van der Waals surface area contributed by atoms with Gasteiger partial charge in [-0.15, -0.1) is 0 Å². The van der Waals surface area contributed by atoms with E-state index in [1.54, 1.807) is 0 Å². The predicted octanol–water partition coefficient (Wildman–Crippen LogP) is 10.9. The van der Waals surface area contributed by atoms with Gasteiger partial charge in [-0.25, -0.2) is 15.0 Å². The minimum Gasteiger partial charge on any atom is -0.258 e. The Morgan fingerprint density at radius 2 is 0.765 bits per heavy atom. The molecule has 6 aromatic carbocycles. The Labute approximate surface area is 298 Å². The van der Waals surface area contributed by atoms with Crippen LogP contribution in [0.5, 0.6) is 0 Å². The van der Waals surface area contributed by atoms with Gasteiger partial charge in [-0.2, -0.15) is 0 Å². The summed E-state index contributed by atoms with van der Waals surface area (Å²) in [5, 5.41) is 0. The minimum absolute atomic E-state index is 0.459. The highest BCUT2D eigenvalue weighted by molar-refractivity contribution is 5.86. The van der Waals surface area contributed by atoms with Crippen LogP contribution in [0, 0.1) is 13.8 Å². The van der Waals surface area contributed by atoms with E-state index in [9.17, 15) is 0 Å². The quantitative estimate of drug-likeness (QED) is 0.179. The van der Waals surface area contributed by atoms with Gasteiger partial charge in [0.15, 0.2) is 17.5 Å². The molecule has 0 saturated heterocycles. The highest BCUT2D eigenvalue weighted by Gasteiger charge is 2.45. The molecule has 0 saturated carbocycles. The van der Waals surface area contributed by atoms with Crippen molar-refractivity contribution in [2.75, 3.05) is 0 Å². The summed E-state index contributed by atoms with van der Waals surface area (Å²) >= 11 is 0. The Hall–Kier alpha value is -6.52. The molecule has 2 heterocycles. The van der Waals surface area contributed by atoms with Gasteiger partial charge in [0.05, 0.1) is 5.41 Å². The highest BCUT2D eigenvalue weighted by atomic mass is 15.0. The Morgan fingerprint density at radius 3 is 1.31 bits per heavy atom. The van der Waals surface area contributed by atoms with Gasteiger partial charge < -0.3 is 0 Å². The number of fused-ring (bicyclic) bond motifs is 3. The lowest BCUT2D eigenvalue weighted by atomic mass is 9.67. The molecule has 2 aromatic heterocycles. The van der Waals surface area contributed by atoms with Gasteiger partial charge in [0.1, 0.15) is 0 Å². The Morgan fingerprint density at radius 1 is 0.333 bits per heavy atom. The molecule has 0 fully saturated rings. The van der Waals surface area contributed by atoms with Crippen LogP contribution in [-0.4, -0.2) is 19.9 Å². The molecular weight excluding hydrogens is 621 g/mol. The van der Waals surface area contributed by atoms with Crippen molar-refractivity contribution in [2.45, 2.75) is 19.3 Å². The van der Waals surface area contributed by atoms with Crippen LogP contribution in [0.1, 0.15) is 33.6 Å². The van der Waals surface area contributed by atoms with Crippen molar-refractivity contribution in [1.82, 2.24) is 19.9 Å². The fourth-order valence-corrected chi connectivity index (χ4v) is 7.72. The number of benzene rings is 6. The SMILES string of the molecule is Cc1ccc(-c2ccc(-c3nc(-c4ccccc4)nc(-c4ccc(C5(c6ccccc6)c6ccccc6-c6ccccc65)cc4)n3)cc2)c(C)n1. The second-order valence-electron chi connectivity index (χ2n) is 13.1. The monoisotopic (exact) mass is 654 g/mol. The molecule has 0 atom stereocenters. The van der Waals surface area contributed by atoms with Crippen molar-refractivity contribution >= 4 is 0 Å². The van der Waals surface area contributed by atoms with E-state index in [-0.39, 0.29) is 0 Å². The maximum atomic E-state index is 5.07. The van der Waals surface area contributed by atoms with Gasteiger partial charge in [0.2, 0.25) is 0 Å². The first-order valence-corrected chi connectivity index (χ1v) is 17.3. The average molecular weight is 655 g/mol. The van der Waals surface area contributed by atoms with Gasteiger partial charge in [-0.3, -0.25) is 4.98 Å². The lowest BCUT2D eigenvalue weighted by molar-refractivity contribution is 0.768. The summed E-state index contributed by atoms with van der Waals surface area (Å²) < 4.78 is 0. The molecule has 51 heavy (non-hydrogen) atoms. The van der Waals surface area contributed by atoms with E-state index >= 15 is 0 Å². The average Bonchev–Trinajstić information content (AvgIpc) is 3.50. The van der Waals surface area contributed by atoms with Gasteiger partial charge >= 0.3 is 0 Å². The van der Waals surface area contributed by atoms with Crippen molar-refractivity contribution in [1.29, 1.82) is 0 Å². The molecule has 0 bridgehead atoms. The predicted molar refractivity (Wildman–Crippen MR) is 206 cm³/mol. The first kappa shape index (κ1) is 30.5. The number of pyridine rings is 1. The van der Waals surface area contributed by atoms with E-state index < -0.39 is 5.41 Å². The largest absolute Gasteiger partial charge is 0.258 e. The summed E-state index contributed by atoms with van der Waals surface area (Å²) in [4.78, 5) is 19.7. The molecule has 1 aliphatic rings. The van der Waals surface area contributed by atoms with Crippen LogP contribution in [0.25, 0.3) is 56.4 Å². The van der Waals surface area contributed by atoms with Crippen molar-refractivity contribution in [3.63, 3.8) is 0 Å². The fraction of sp³-hybridized carbons (Fsp3) is 0.0638. The third-order valence-electron chi connectivity index (χ3n) is 10.1. The van der Waals surface area contributed by atoms with Gasteiger partial charge in [0.25, 0.3) is 0 Å². The zero-order valence-electron chi connectivity index (χ0n) is 28.5. The first-order valence-electron chi connectivity index (χ1n) is 17.3. The molecule has 4 heteroatoms. The Balaban J connectivity index is 1.17. The second kappa shape index (κ2) is 12.4. The van der Waals surface area contributed by atoms with Crippen LogP contribution >= 0.6 is 0 Å². The van der Waals surface area contributed by atoms with E-state index in [0.717, 1.165) is 39.2 Å². The van der Waals surface area contributed by atoms with Crippen molar-refractivity contribution in [2.24, 2.45) is 0 Å². The lowest BCUT2D eigenvalue weighted by Gasteiger charge is -2.34. The first-order chi connectivity index (χ1) is 25.1. The number of hydrogen-bond acceptors (Lipinski definition) is 4. The number of nitrogens with zero attached hydrogens (tertiary/aromatic N) is 4. The Bertz CT molecular complexity index is 2480. The fourth-order valence-electron chi connectivity index (χ4n) is 7.72. The van der Waals surface area contributed by atoms with E-state index in [4.69, 9.17) is 15.0 Å². The van der Waals surface area contributed by atoms with Crippen LogP contribution in [0.4, 0.5) is 0 Å². The van der Waals surface area contributed by atoms with Crippen LogP contribution in [0.2, 0.25) is 0 Å². The molecule has 0 amide bonds. The van der Waals surface area contributed by atoms with Crippen molar-refractivity contribution < 1.29 is 0 Å². The molecule has 0 N–H and O–H groups in total. The summed E-state index contributed by atoms with van der Waals surface area (Å²) in [5.74, 6) is 1.91. The van der Waals surface area contributed by atoms with Crippen LogP contribution < -0.4 is 0 Å². The molecule has 4 nitrogen and oxygen atoms in total. The van der Waals surface area contributed by atoms with Crippen LogP contribution in [0.15, 0.2) is 170 Å². The molecular formula is C47H34N4. The smallest absolute Gasteiger partial charge is 0.164 e. The van der Waals surface area contributed by atoms with Crippen molar-refractivity contribution in [3.05, 3.63) is 203 Å². The summed E-state index contributed by atoms with van der Waals surface area (Å²) in [6.45, 7) is 4.07. The van der Waals surface area contributed by atoms with Gasteiger partial charge in [0, 0.05) is 33.6 Å². The molecule has 0 aliphatic heterocycles. The maximum absolute atomic E-state index is 5.07. The molecule has 1 aliphatic carbocycles. The highest BCUT2D eigenvalue weighted by Crippen LogP contribution is 2.56. The third kappa shape index (κ3) is 5.15. The van der Waals surface area contributed by atoms with E-state index in [0.29, 0.717) is 17.5 Å². The van der Waals surface area contributed by atoms with Gasteiger partial charge in [-0.05, 0) is 58.9 Å². The zero-order chi connectivity index (χ0) is 34.4. The maximum Gasteiger partial charge on any atom is 0.164 e. The number of hydrogen-bond donors (Lipinski definition) is 0. The standard InChI is InChI=1S/C47H34N4/c1-31-21-30-39(32(2)48-31)33-22-24-35(25-23-33)45-49-44(34-13-5-3-6-14-34)50-46(51-45)36-26-28-38(29-27-36)47(37-15-7-4-8-16-37)42-19-11-9-17-40(42)41-18-10-12-20-43(41)47/h3-30H,1-2H3. The van der Waals surface area contributed by atoms with Crippen molar-refractivity contribution in [3.8, 4) is 56.4 Å². The molecule has 0 unspecified atom stereocenters. The molecule has 8 aromatic rings. The van der Waals surface area contributed by atoms with E-state index in [1.165, 1.54) is 33.4 Å². The normalized spacial score (nSPS) is 12.7. The van der Waals surface area contributed by atoms with E-state index in [2.05, 4.69) is 151 Å².